The zero-order valence-electron chi connectivity index (χ0n) is 12.2. The van der Waals surface area contributed by atoms with Crippen molar-refractivity contribution in [3.05, 3.63) is 0 Å². The Kier molecular flexibility index (Phi) is 9.92. The molecule has 0 rings (SSSR count). The minimum atomic E-state index is -0.388. The van der Waals surface area contributed by atoms with E-state index in [2.05, 4.69) is 10.2 Å². The molecule has 2 unspecified atom stereocenters. The minimum absolute atomic E-state index is 0.0381. The maximum Gasteiger partial charge on any atom is 0.237 e. The summed E-state index contributed by atoms with van der Waals surface area (Å²) >= 11 is 0. The Hall–Kier alpha value is -0.650. The SMILES string of the molecule is CCC(C)C(N)C(=O)NCCCN(C)CCOC. The molecule has 108 valence electrons. The van der Waals surface area contributed by atoms with E-state index in [-0.39, 0.29) is 17.9 Å². The lowest BCUT2D eigenvalue weighted by atomic mass is 9.99. The number of nitrogens with one attached hydrogen (secondary N) is 1. The van der Waals surface area contributed by atoms with Crippen LogP contribution in [0.2, 0.25) is 0 Å². The molecule has 0 radical (unpaired) electrons. The standard InChI is InChI=1S/C13H29N3O2/c1-5-11(2)12(14)13(17)15-7-6-8-16(3)9-10-18-4/h11-12H,5-10,14H2,1-4H3,(H,15,17). The summed E-state index contributed by atoms with van der Waals surface area (Å²) in [5.74, 6) is 0.193. The van der Waals surface area contributed by atoms with Gasteiger partial charge in [0.25, 0.3) is 0 Å². The molecule has 2 atom stereocenters. The van der Waals surface area contributed by atoms with E-state index in [1.807, 2.05) is 20.9 Å². The molecule has 0 aromatic rings. The number of likely N-dealkylation sites (N-methyl/N-ethyl adjacent to an activating group) is 1. The summed E-state index contributed by atoms with van der Waals surface area (Å²) in [4.78, 5) is 13.9. The van der Waals surface area contributed by atoms with Crippen molar-refractivity contribution in [1.82, 2.24) is 10.2 Å². The molecule has 0 aromatic heterocycles. The highest BCUT2D eigenvalue weighted by Gasteiger charge is 2.18. The monoisotopic (exact) mass is 259 g/mol. The lowest BCUT2D eigenvalue weighted by molar-refractivity contribution is -0.123. The van der Waals surface area contributed by atoms with Crippen LogP contribution in [0.3, 0.4) is 0 Å². The summed E-state index contributed by atoms with van der Waals surface area (Å²) in [7, 11) is 3.75. The van der Waals surface area contributed by atoms with Gasteiger partial charge in [-0.3, -0.25) is 4.79 Å². The molecule has 1 amide bonds. The van der Waals surface area contributed by atoms with Crippen molar-refractivity contribution in [2.24, 2.45) is 11.7 Å². The van der Waals surface area contributed by atoms with Crippen LogP contribution in [0.5, 0.6) is 0 Å². The first-order valence-electron chi connectivity index (χ1n) is 6.73. The Bertz CT molecular complexity index is 224. The third kappa shape index (κ3) is 7.63. The van der Waals surface area contributed by atoms with Crippen molar-refractivity contribution in [3.8, 4) is 0 Å². The second-order valence-electron chi connectivity index (χ2n) is 4.85. The number of nitrogens with zero attached hydrogens (tertiary/aromatic N) is 1. The molecule has 0 aliphatic heterocycles. The number of amides is 1. The van der Waals surface area contributed by atoms with Gasteiger partial charge in [0.15, 0.2) is 0 Å². The number of rotatable bonds is 10. The highest BCUT2D eigenvalue weighted by molar-refractivity contribution is 5.81. The van der Waals surface area contributed by atoms with Crippen molar-refractivity contribution in [2.45, 2.75) is 32.7 Å². The van der Waals surface area contributed by atoms with Crippen LogP contribution in [0.15, 0.2) is 0 Å². The summed E-state index contributed by atoms with van der Waals surface area (Å²) in [6.45, 7) is 7.33. The Morgan fingerprint density at radius 3 is 2.67 bits per heavy atom. The lowest BCUT2D eigenvalue weighted by Gasteiger charge is -2.19. The molecule has 18 heavy (non-hydrogen) atoms. The summed E-state index contributed by atoms with van der Waals surface area (Å²) in [5, 5.41) is 2.89. The Balaban J connectivity index is 3.62. The second-order valence-corrected chi connectivity index (χ2v) is 4.85. The number of hydrogen-bond donors (Lipinski definition) is 2. The van der Waals surface area contributed by atoms with Crippen LogP contribution < -0.4 is 11.1 Å². The summed E-state index contributed by atoms with van der Waals surface area (Å²) < 4.78 is 5.00. The van der Waals surface area contributed by atoms with Gasteiger partial charge in [-0.15, -0.1) is 0 Å². The van der Waals surface area contributed by atoms with Crippen LogP contribution in [0.1, 0.15) is 26.7 Å². The van der Waals surface area contributed by atoms with Gasteiger partial charge < -0.3 is 20.7 Å². The molecule has 0 fully saturated rings. The van der Waals surface area contributed by atoms with E-state index in [0.29, 0.717) is 6.54 Å². The number of nitrogens with two attached hydrogens (primary N) is 1. The fraction of sp³-hybridized carbons (Fsp3) is 0.923. The Morgan fingerprint density at radius 1 is 1.44 bits per heavy atom. The fourth-order valence-electron chi connectivity index (χ4n) is 1.55. The van der Waals surface area contributed by atoms with Crippen LogP contribution >= 0.6 is 0 Å². The average molecular weight is 259 g/mol. The van der Waals surface area contributed by atoms with Crippen molar-refractivity contribution in [2.75, 3.05) is 40.4 Å². The van der Waals surface area contributed by atoms with E-state index in [0.717, 1.165) is 32.5 Å². The zero-order chi connectivity index (χ0) is 14.0. The van der Waals surface area contributed by atoms with Gasteiger partial charge in [0.2, 0.25) is 5.91 Å². The van der Waals surface area contributed by atoms with E-state index in [9.17, 15) is 4.79 Å². The summed E-state index contributed by atoms with van der Waals surface area (Å²) in [6.07, 6.45) is 1.85. The number of hydrogen-bond acceptors (Lipinski definition) is 4. The highest BCUT2D eigenvalue weighted by atomic mass is 16.5. The van der Waals surface area contributed by atoms with Gasteiger partial charge in [-0.2, -0.15) is 0 Å². The molecule has 5 nitrogen and oxygen atoms in total. The van der Waals surface area contributed by atoms with Gasteiger partial charge in [0.05, 0.1) is 12.6 Å². The van der Waals surface area contributed by atoms with Gasteiger partial charge in [-0.1, -0.05) is 20.3 Å². The molecule has 0 saturated heterocycles. The van der Waals surface area contributed by atoms with Gasteiger partial charge in [-0.25, -0.2) is 0 Å². The number of ether oxygens (including phenoxy) is 1. The largest absolute Gasteiger partial charge is 0.383 e. The third-order valence-corrected chi connectivity index (χ3v) is 3.25. The first-order chi connectivity index (χ1) is 8.52. The Morgan fingerprint density at radius 2 is 2.11 bits per heavy atom. The maximum absolute atomic E-state index is 11.7. The van der Waals surface area contributed by atoms with Gasteiger partial charge in [0.1, 0.15) is 0 Å². The molecule has 3 N–H and O–H groups in total. The predicted molar refractivity (Wildman–Crippen MR) is 74.4 cm³/mol. The first-order valence-corrected chi connectivity index (χ1v) is 6.73. The molecule has 0 spiro atoms. The molecule has 0 heterocycles. The molecule has 0 aliphatic carbocycles. The minimum Gasteiger partial charge on any atom is -0.383 e. The van der Waals surface area contributed by atoms with Crippen molar-refractivity contribution in [1.29, 1.82) is 0 Å². The fourth-order valence-corrected chi connectivity index (χ4v) is 1.55. The number of methoxy groups -OCH3 is 1. The maximum atomic E-state index is 11.7. The van der Waals surface area contributed by atoms with Gasteiger partial charge >= 0.3 is 0 Å². The molecular formula is C13H29N3O2. The van der Waals surface area contributed by atoms with Gasteiger partial charge in [0, 0.05) is 20.2 Å². The number of carbonyl (C=O) groups is 1. The van der Waals surface area contributed by atoms with E-state index in [1.165, 1.54) is 0 Å². The van der Waals surface area contributed by atoms with Crippen LogP contribution in [0.4, 0.5) is 0 Å². The van der Waals surface area contributed by atoms with Crippen LogP contribution in [-0.2, 0) is 9.53 Å². The highest BCUT2D eigenvalue weighted by Crippen LogP contribution is 2.04. The lowest BCUT2D eigenvalue weighted by Crippen LogP contribution is -2.45. The normalized spacial score (nSPS) is 14.6. The summed E-state index contributed by atoms with van der Waals surface area (Å²) in [5.41, 5.74) is 5.84. The van der Waals surface area contributed by atoms with Crippen LogP contribution in [0.25, 0.3) is 0 Å². The van der Waals surface area contributed by atoms with E-state index in [1.54, 1.807) is 7.11 Å². The summed E-state index contributed by atoms with van der Waals surface area (Å²) in [6, 6.07) is -0.388. The molecule has 0 saturated carbocycles. The smallest absolute Gasteiger partial charge is 0.237 e. The van der Waals surface area contributed by atoms with E-state index in [4.69, 9.17) is 10.5 Å². The zero-order valence-corrected chi connectivity index (χ0v) is 12.2. The molecule has 0 aliphatic rings. The van der Waals surface area contributed by atoms with Crippen LogP contribution in [0, 0.1) is 5.92 Å². The van der Waals surface area contributed by atoms with E-state index < -0.39 is 0 Å². The average Bonchev–Trinajstić information content (AvgIpc) is 2.39. The van der Waals surface area contributed by atoms with E-state index >= 15 is 0 Å². The van der Waals surface area contributed by atoms with Crippen molar-refractivity contribution in [3.63, 3.8) is 0 Å². The van der Waals surface area contributed by atoms with Gasteiger partial charge in [-0.05, 0) is 25.9 Å². The Labute approximate surface area is 111 Å². The van der Waals surface area contributed by atoms with Crippen LogP contribution in [-0.4, -0.2) is 57.2 Å². The van der Waals surface area contributed by atoms with Crippen molar-refractivity contribution < 1.29 is 9.53 Å². The third-order valence-electron chi connectivity index (χ3n) is 3.25. The molecule has 0 bridgehead atoms. The molecule has 0 aromatic carbocycles. The number of carbonyl (C=O) groups excluding carboxylic acids is 1. The molecule has 5 heteroatoms. The first kappa shape index (κ1) is 17.4. The van der Waals surface area contributed by atoms with Crippen molar-refractivity contribution >= 4 is 5.91 Å². The quantitative estimate of drug-likeness (QED) is 0.559. The molecular weight excluding hydrogens is 230 g/mol. The predicted octanol–water partition coefficient (Wildman–Crippen LogP) is 0.444. The topological polar surface area (TPSA) is 67.6 Å². The second kappa shape index (κ2) is 10.3.